The van der Waals surface area contributed by atoms with Crippen molar-refractivity contribution in [1.82, 2.24) is 5.32 Å². The number of aliphatic hydroxyl groups is 2. The summed E-state index contributed by atoms with van der Waals surface area (Å²) in [5.41, 5.74) is 0. The van der Waals surface area contributed by atoms with E-state index in [2.05, 4.69) is 43.5 Å². The van der Waals surface area contributed by atoms with Gasteiger partial charge in [-0.05, 0) is 44.9 Å². The van der Waals surface area contributed by atoms with Gasteiger partial charge in [0.1, 0.15) is 0 Å². The largest absolute Gasteiger partial charge is 0.394 e. The minimum absolute atomic E-state index is 0.0723. The molecule has 0 aliphatic carbocycles. The topological polar surface area (TPSA) is 69.6 Å². The van der Waals surface area contributed by atoms with Crippen LogP contribution in [0.2, 0.25) is 0 Å². The fourth-order valence-electron chi connectivity index (χ4n) is 6.14. The van der Waals surface area contributed by atoms with E-state index in [1.165, 1.54) is 154 Å². The van der Waals surface area contributed by atoms with Crippen molar-refractivity contribution in [3.8, 4) is 0 Å². The summed E-state index contributed by atoms with van der Waals surface area (Å²) in [5, 5.41) is 22.5. The Hall–Kier alpha value is -1.39. The Balaban J connectivity index is 3.34. The Morgan fingerprint density at radius 2 is 0.894 bits per heavy atom. The molecule has 0 spiro atoms. The predicted octanol–water partition coefficient (Wildman–Crippen LogP) is 12.6. The first-order chi connectivity index (χ1) is 23.2. The number of unbranched alkanes of at least 4 members (excludes halogenated alkanes) is 26. The maximum absolute atomic E-state index is 12.2. The second kappa shape index (κ2) is 39.1. The summed E-state index contributed by atoms with van der Waals surface area (Å²) >= 11 is 0. The van der Waals surface area contributed by atoms with Gasteiger partial charge >= 0.3 is 0 Å². The highest BCUT2D eigenvalue weighted by Crippen LogP contribution is 2.15. The molecule has 2 unspecified atom stereocenters. The van der Waals surface area contributed by atoms with E-state index in [4.69, 9.17) is 0 Å². The fourth-order valence-corrected chi connectivity index (χ4v) is 6.14. The van der Waals surface area contributed by atoms with E-state index in [-0.39, 0.29) is 12.5 Å². The Kier molecular flexibility index (Phi) is 37.9. The van der Waals surface area contributed by atoms with Crippen molar-refractivity contribution in [2.24, 2.45) is 0 Å². The Morgan fingerprint density at radius 3 is 1.32 bits per heavy atom. The first-order valence-corrected chi connectivity index (χ1v) is 20.7. The second-order valence-electron chi connectivity index (χ2n) is 14.1. The third kappa shape index (κ3) is 35.7. The number of rotatable bonds is 37. The highest BCUT2D eigenvalue weighted by Gasteiger charge is 2.17. The van der Waals surface area contributed by atoms with Gasteiger partial charge in [-0.15, -0.1) is 0 Å². The number of hydrogen-bond acceptors (Lipinski definition) is 3. The molecule has 276 valence electrons. The monoisotopic (exact) mass is 660 g/mol. The molecule has 0 aliphatic heterocycles. The van der Waals surface area contributed by atoms with Gasteiger partial charge in [0, 0.05) is 6.42 Å². The van der Waals surface area contributed by atoms with Gasteiger partial charge in [0.15, 0.2) is 0 Å². The summed E-state index contributed by atoms with van der Waals surface area (Å²) in [6.45, 7) is 4.16. The molecule has 4 heteroatoms. The van der Waals surface area contributed by atoms with E-state index in [0.29, 0.717) is 6.42 Å². The smallest absolute Gasteiger partial charge is 0.220 e. The second-order valence-corrected chi connectivity index (χ2v) is 14.1. The number of allylic oxidation sites excluding steroid dienone is 5. The zero-order valence-electron chi connectivity index (χ0n) is 31.5. The molecule has 0 fully saturated rings. The van der Waals surface area contributed by atoms with Gasteiger partial charge in [-0.25, -0.2) is 0 Å². The van der Waals surface area contributed by atoms with Crippen LogP contribution < -0.4 is 5.32 Å². The van der Waals surface area contributed by atoms with Crippen LogP contribution in [0.5, 0.6) is 0 Å². The van der Waals surface area contributed by atoms with E-state index >= 15 is 0 Å². The molecule has 0 bridgehead atoms. The van der Waals surface area contributed by atoms with E-state index in [1.54, 1.807) is 6.08 Å². The SMILES string of the molecule is CCCC/C=C/C(O)C(CO)NC(=O)CCCCCCCCCCCCCCCCCCCCC/C=C\C/C=C\CCCCCCC. The van der Waals surface area contributed by atoms with E-state index in [0.717, 1.165) is 38.5 Å². The Morgan fingerprint density at radius 1 is 0.511 bits per heavy atom. The zero-order valence-corrected chi connectivity index (χ0v) is 31.5. The summed E-state index contributed by atoms with van der Waals surface area (Å²) < 4.78 is 0. The van der Waals surface area contributed by atoms with Crippen LogP contribution in [-0.4, -0.2) is 34.9 Å². The van der Waals surface area contributed by atoms with Gasteiger partial charge in [-0.3, -0.25) is 4.79 Å². The van der Waals surface area contributed by atoms with Gasteiger partial charge < -0.3 is 15.5 Å². The first kappa shape index (κ1) is 45.6. The lowest BCUT2D eigenvalue weighted by atomic mass is 10.0. The summed E-state index contributed by atoms with van der Waals surface area (Å²) in [6, 6.07) is -0.615. The third-order valence-electron chi connectivity index (χ3n) is 9.37. The molecule has 0 aromatic heterocycles. The Labute approximate surface area is 293 Å². The molecule has 0 saturated carbocycles. The number of amides is 1. The molecule has 0 aromatic rings. The van der Waals surface area contributed by atoms with Crippen LogP contribution in [0.3, 0.4) is 0 Å². The van der Waals surface area contributed by atoms with Gasteiger partial charge in [-0.1, -0.05) is 198 Å². The van der Waals surface area contributed by atoms with Gasteiger partial charge in [0.2, 0.25) is 5.91 Å². The quantitative estimate of drug-likeness (QED) is 0.0459. The van der Waals surface area contributed by atoms with Crippen molar-refractivity contribution < 1.29 is 15.0 Å². The van der Waals surface area contributed by atoms with Crippen LogP contribution in [-0.2, 0) is 4.79 Å². The van der Waals surface area contributed by atoms with Crippen molar-refractivity contribution in [2.75, 3.05) is 6.61 Å². The molecular weight excluding hydrogens is 578 g/mol. The fraction of sp³-hybridized carbons (Fsp3) is 0.837. The van der Waals surface area contributed by atoms with Crippen LogP contribution in [0, 0.1) is 0 Å². The van der Waals surface area contributed by atoms with Gasteiger partial charge in [0.25, 0.3) is 0 Å². The number of carbonyl (C=O) groups is 1. The van der Waals surface area contributed by atoms with Crippen LogP contribution in [0.15, 0.2) is 36.5 Å². The molecular formula is C43H81NO3. The van der Waals surface area contributed by atoms with Crippen LogP contribution in [0.4, 0.5) is 0 Å². The van der Waals surface area contributed by atoms with E-state index < -0.39 is 12.1 Å². The molecule has 3 N–H and O–H groups in total. The molecule has 47 heavy (non-hydrogen) atoms. The first-order valence-electron chi connectivity index (χ1n) is 20.7. The molecule has 0 aromatic carbocycles. The van der Waals surface area contributed by atoms with Crippen molar-refractivity contribution in [1.29, 1.82) is 0 Å². The molecule has 0 radical (unpaired) electrons. The molecule has 0 aliphatic rings. The molecule has 0 saturated heterocycles. The zero-order chi connectivity index (χ0) is 34.3. The number of aliphatic hydroxyl groups excluding tert-OH is 2. The standard InChI is InChI=1S/C43H81NO3/c1-3-5-7-9-10-11-12-13-14-15-16-17-18-19-20-21-22-23-24-25-26-27-28-29-30-31-32-33-34-35-37-39-43(47)44-41(40-45)42(46)38-36-8-6-4-2/h12-13,15-16,36,38,41-42,45-46H,3-11,14,17-35,37,39-40H2,1-2H3,(H,44,47)/b13-12-,16-15-,38-36+. The molecule has 0 rings (SSSR count). The lowest BCUT2D eigenvalue weighted by Gasteiger charge is -2.19. The summed E-state index contributed by atoms with van der Waals surface area (Å²) in [5.74, 6) is -0.0723. The van der Waals surface area contributed by atoms with Crippen LogP contribution in [0.25, 0.3) is 0 Å². The van der Waals surface area contributed by atoms with E-state index in [1.807, 2.05) is 6.08 Å². The van der Waals surface area contributed by atoms with E-state index in [9.17, 15) is 15.0 Å². The summed E-state index contributed by atoms with van der Waals surface area (Å²) in [4.78, 5) is 12.2. The third-order valence-corrected chi connectivity index (χ3v) is 9.37. The van der Waals surface area contributed by atoms with Crippen molar-refractivity contribution in [3.63, 3.8) is 0 Å². The number of hydrogen-bond donors (Lipinski definition) is 3. The predicted molar refractivity (Wildman–Crippen MR) is 207 cm³/mol. The minimum atomic E-state index is -0.832. The summed E-state index contributed by atoms with van der Waals surface area (Å²) in [6.07, 6.45) is 51.7. The lowest BCUT2D eigenvalue weighted by Crippen LogP contribution is -2.45. The van der Waals surface area contributed by atoms with Crippen molar-refractivity contribution >= 4 is 5.91 Å². The highest BCUT2D eigenvalue weighted by atomic mass is 16.3. The average Bonchev–Trinajstić information content (AvgIpc) is 3.08. The van der Waals surface area contributed by atoms with Crippen molar-refractivity contribution in [2.45, 2.75) is 225 Å². The normalized spacial score (nSPS) is 13.4. The maximum atomic E-state index is 12.2. The number of nitrogens with one attached hydrogen (secondary N) is 1. The average molecular weight is 660 g/mol. The van der Waals surface area contributed by atoms with Crippen LogP contribution >= 0.6 is 0 Å². The maximum Gasteiger partial charge on any atom is 0.220 e. The van der Waals surface area contributed by atoms with Gasteiger partial charge in [-0.2, -0.15) is 0 Å². The molecule has 2 atom stereocenters. The Bertz CT molecular complexity index is 716. The lowest BCUT2D eigenvalue weighted by molar-refractivity contribution is -0.123. The molecule has 4 nitrogen and oxygen atoms in total. The minimum Gasteiger partial charge on any atom is -0.394 e. The van der Waals surface area contributed by atoms with Crippen LogP contribution in [0.1, 0.15) is 213 Å². The van der Waals surface area contributed by atoms with Gasteiger partial charge in [0.05, 0.1) is 18.8 Å². The number of carbonyl (C=O) groups excluding carboxylic acids is 1. The summed E-state index contributed by atoms with van der Waals surface area (Å²) in [7, 11) is 0. The molecule has 0 heterocycles. The molecule has 1 amide bonds. The van der Waals surface area contributed by atoms with Crippen molar-refractivity contribution in [3.05, 3.63) is 36.5 Å². The highest BCUT2D eigenvalue weighted by molar-refractivity contribution is 5.76.